The van der Waals surface area contributed by atoms with Gasteiger partial charge in [-0.2, -0.15) is 0 Å². The van der Waals surface area contributed by atoms with Crippen LogP contribution in [0.5, 0.6) is 5.75 Å². The minimum absolute atomic E-state index is 0.0820. The van der Waals surface area contributed by atoms with Crippen LogP contribution < -0.4 is 10.1 Å². The molecule has 1 heterocycles. The van der Waals surface area contributed by atoms with Crippen LogP contribution in [-0.2, 0) is 0 Å². The maximum absolute atomic E-state index is 10.8. The van der Waals surface area contributed by atoms with E-state index in [1.165, 1.54) is 6.07 Å². The zero-order valence-corrected chi connectivity index (χ0v) is 11.8. The van der Waals surface area contributed by atoms with Crippen molar-refractivity contribution in [1.29, 1.82) is 0 Å². The van der Waals surface area contributed by atoms with Crippen LogP contribution in [0.3, 0.4) is 0 Å². The van der Waals surface area contributed by atoms with Crippen molar-refractivity contribution in [3.05, 3.63) is 46.9 Å². The number of hydrogen-bond donors (Lipinski definition) is 2. The molecule has 6 heteroatoms. The minimum Gasteiger partial charge on any atom is -0.495 e. The predicted octanol–water partition coefficient (Wildman–Crippen LogP) is 3.81. The molecule has 1 aromatic carbocycles. The summed E-state index contributed by atoms with van der Waals surface area (Å²) in [5, 5.41) is 12.5. The second-order valence-electron chi connectivity index (χ2n) is 4.22. The molecule has 0 spiro atoms. The first kappa shape index (κ1) is 14.3. The Morgan fingerprint density at radius 2 is 2.15 bits per heavy atom. The van der Waals surface area contributed by atoms with E-state index in [1.54, 1.807) is 25.3 Å². The number of furan rings is 1. The molecule has 1 unspecified atom stereocenters. The zero-order valence-electron chi connectivity index (χ0n) is 11.0. The van der Waals surface area contributed by atoms with E-state index in [2.05, 4.69) is 5.32 Å². The smallest absolute Gasteiger partial charge is 0.371 e. The van der Waals surface area contributed by atoms with Crippen molar-refractivity contribution in [2.24, 2.45) is 0 Å². The molecule has 0 fully saturated rings. The third-order valence-electron chi connectivity index (χ3n) is 2.80. The molecule has 2 rings (SSSR count). The summed E-state index contributed by atoms with van der Waals surface area (Å²) < 4.78 is 10.3. The normalized spacial score (nSPS) is 11.9. The summed E-state index contributed by atoms with van der Waals surface area (Å²) in [4.78, 5) is 10.8. The summed E-state index contributed by atoms with van der Waals surface area (Å²) in [6, 6.07) is 8.18. The molecule has 0 saturated heterocycles. The molecule has 0 radical (unpaired) electrons. The van der Waals surface area contributed by atoms with Gasteiger partial charge < -0.3 is 19.6 Å². The first-order valence-electron chi connectivity index (χ1n) is 5.94. The Bertz CT molecular complexity index is 623. The Morgan fingerprint density at radius 3 is 2.70 bits per heavy atom. The number of carboxylic acid groups (broad SMARTS) is 1. The van der Waals surface area contributed by atoms with Crippen LogP contribution >= 0.6 is 11.6 Å². The molecule has 20 heavy (non-hydrogen) atoms. The number of anilines is 1. The van der Waals surface area contributed by atoms with Crippen LogP contribution in [0.1, 0.15) is 29.3 Å². The Labute approximate surface area is 121 Å². The third kappa shape index (κ3) is 3.05. The zero-order chi connectivity index (χ0) is 14.7. The molecule has 0 aliphatic rings. The summed E-state index contributed by atoms with van der Waals surface area (Å²) in [5.41, 5.74) is 0.788. The van der Waals surface area contributed by atoms with Gasteiger partial charge in [-0.25, -0.2) is 4.79 Å². The van der Waals surface area contributed by atoms with Gasteiger partial charge in [0.15, 0.2) is 0 Å². The maximum atomic E-state index is 10.8. The standard InChI is InChI=1S/C14H14ClNO4/c1-8(11-5-6-13(20-11)14(17)18)16-9-3-4-12(19-2)10(15)7-9/h3-8,16H,1-2H3,(H,17,18). The second kappa shape index (κ2) is 5.88. The molecule has 5 nitrogen and oxygen atoms in total. The number of aromatic carboxylic acids is 1. The fourth-order valence-corrected chi connectivity index (χ4v) is 2.04. The number of ether oxygens (including phenoxy) is 1. The van der Waals surface area contributed by atoms with Crippen LogP contribution in [0.15, 0.2) is 34.7 Å². The quantitative estimate of drug-likeness (QED) is 0.877. The van der Waals surface area contributed by atoms with E-state index in [9.17, 15) is 4.79 Å². The lowest BCUT2D eigenvalue weighted by molar-refractivity contribution is 0.0660. The van der Waals surface area contributed by atoms with E-state index >= 15 is 0 Å². The summed E-state index contributed by atoms with van der Waals surface area (Å²) in [6.45, 7) is 1.86. The van der Waals surface area contributed by atoms with Gasteiger partial charge in [0.25, 0.3) is 0 Å². The highest BCUT2D eigenvalue weighted by Crippen LogP contribution is 2.29. The number of benzene rings is 1. The van der Waals surface area contributed by atoms with Gasteiger partial charge in [0.05, 0.1) is 18.2 Å². The molecule has 0 amide bonds. The van der Waals surface area contributed by atoms with Gasteiger partial charge in [0.1, 0.15) is 11.5 Å². The number of hydrogen-bond acceptors (Lipinski definition) is 4. The van der Waals surface area contributed by atoms with Crippen molar-refractivity contribution in [1.82, 2.24) is 0 Å². The molecule has 106 valence electrons. The maximum Gasteiger partial charge on any atom is 0.371 e. The monoisotopic (exact) mass is 295 g/mol. The van der Waals surface area contributed by atoms with E-state index in [1.807, 2.05) is 13.0 Å². The minimum atomic E-state index is -1.09. The Balaban J connectivity index is 2.12. The van der Waals surface area contributed by atoms with Crippen molar-refractivity contribution in [2.45, 2.75) is 13.0 Å². The molecule has 0 bridgehead atoms. The van der Waals surface area contributed by atoms with Gasteiger partial charge in [-0.1, -0.05) is 11.6 Å². The number of rotatable bonds is 5. The molecule has 0 aliphatic heterocycles. The molecule has 1 aromatic heterocycles. The SMILES string of the molecule is COc1ccc(NC(C)c2ccc(C(=O)O)o2)cc1Cl. The highest BCUT2D eigenvalue weighted by molar-refractivity contribution is 6.32. The lowest BCUT2D eigenvalue weighted by Gasteiger charge is -2.14. The molecule has 0 saturated carbocycles. The first-order chi connectivity index (χ1) is 9.51. The van der Waals surface area contributed by atoms with E-state index < -0.39 is 5.97 Å². The number of methoxy groups -OCH3 is 1. The Hall–Kier alpha value is -2.14. The summed E-state index contributed by atoms with van der Waals surface area (Å²) in [5.74, 6) is -0.0391. The lowest BCUT2D eigenvalue weighted by Crippen LogP contribution is -2.05. The highest BCUT2D eigenvalue weighted by atomic mass is 35.5. The highest BCUT2D eigenvalue weighted by Gasteiger charge is 2.14. The van der Waals surface area contributed by atoms with E-state index in [0.29, 0.717) is 16.5 Å². The Morgan fingerprint density at radius 1 is 1.40 bits per heavy atom. The van der Waals surface area contributed by atoms with Crippen molar-refractivity contribution in [3.63, 3.8) is 0 Å². The van der Waals surface area contributed by atoms with E-state index in [4.69, 9.17) is 25.9 Å². The number of carboxylic acids is 1. The third-order valence-corrected chi connectivity index (χ3v) is 3.09. The molecule has 2 aromatic rings. The van der Waals surface area contributed by atoms with E-state index in [-0.39, 0.29) is 11.8 Å². The van der Waals surface area contributed by atoms with Crippen molar-refractivity contribution in [3.8, 4) is 5.75 Å². The van der Waals surface area contributed by atoms with Gasteiger partial charge in [-0.15, -0.1) is 0 Å². The largest absolute Gasteiger partial charge is 0.495 e. The summed E-state index contributed by atoms with van der Waals surface area (Å²) in [7, 11) is 1.55. The molecule has 2 N–H and O–H groups in total. The number of halogens is 1. The van der Waals surface area contributed by atoms with Gasteiger partial charge in [-0.05, 0) is 37.3 Å². The van der Waals surface area contributed by atoms with Crippen molar-refractivity contribution >= 4 is 23.3 Å². The predicted molar refractivity (Wildman–Crippen MR) is 75.7 cm³/mol. The average Bonchev–Trinajstić information content (AvgIpc) is 2.88. The second-order valence-corrected chi connectivity index (χ2v) is 4.63. The Kier molecular flexibility index (Phi) is 4.20. The van der Waals surface area contributed by atoms with Gasteiger partial charge in [-0.3, -0.25) is 0 Å². The summed E-state index contributed by atoms with van der Waals surface area (Å²) in [6.07, 6.45) is 0. The average molecular weight is 296 g/mol. The van der Waals surface area contributed by atoms with Crippen LogP contribution in [0, 0.1) is 0 Å². The lowest BCUT2D eigenvalue weighted by atomic mass is 10.2. The fraction of sp³-hybridized carbons (Fsp3) is 0.214. The van der Waals surface area contributed by atoms with Crippen LogP contribution in [0.25, 0.3) is 0 Å². The number of nitrogens with one attached hydrogen (secondary N) is 1. The van der Waals surface area contributed by atoms with Gasteiger partial charge in [0.2, 0.25) is 5.76 Å². The van der Waals surface area contributed by atoms with Crippen LogP contribution in [0.2, 0.25) is 5.02 Å². The van der Waals surface area contributed by atoms with Crippen LogP contribution in [-0.4, -0.2) is 18.2 Å². The van der Waals surface area contributed by atoms with Crippen molar-refractivity contribution in [2.75, 3.05) is 12.4 Å². The van der Waals surface area contributed by atoms with Crippen molar-refractivity contribution < 1.29 is 19.1 Å². The topological polar surface area (TPSA) is 71.7 Å². The van der Waals surface area contributed by atoms with Gasteiger partial charge >= 0.3 is 5.97 Å². The van der Waals surface area contributed by atoms with Crippen LogP contribution in [0.4, 0.5) is 5.69 Å². The van der Waals surface area contributed by atoms with Gasteiger partial charge in [0, 0.05) is 5.69 Å². The molecular weight excluding hydrogens is 282 g/mol. The molecule has 0 aliphatic carbocycles. The fourth-order valence-electron chi connectivity index (χ4n) is 1.78. The first-order valence-corrected chi connectivity index (χ1v) is 6.32. The molecule has 1 atom stereocenters. The summed E-state index contributed by atoms with van der Waals surface area (Å²) >= 11 is 6.04. The van der Waals surface area contributed by atoms with E-state index in [0.717, 1.165) is 5.69 Å². The molecular formula is C14H14ClNO4. The number of carbonyl (C=O) groups is 1.